The molecule has 1 saturated heterocycles. The van der Waals surface area contributed by atoms with Crippen LogP contribution < -0.4 is 10.2 Å². The number of amides is 1. The number of benzene rings is 1. The first kappa shape index (κ1) is 23.1. The van der Waals surface area contributed by atoms with E-state index in [-0.39, 0.29) is 0 Å². The van der Waals surface area contributed by atoms with Crippen molar-refractivity contribution < 1.29 is 27.5 Å². The zero-order valence-corrected chi connectivity index (χ0v) is 17.2. The summed E-state index contributed by atoms with van der Waals surface area (Å²) in [5.74, 6) is -1.02. The van der Waals surface area contributed by atoms with Crippen molar-refractivity contribution >= 4 is 23.4 Å². The van der Waals surface area contributed by atoms with E-state index in [4.69, 9.17) is 10.00 Å². The molecule has 10 heteroatoms. The molecule has 0 aliphatic carbocycles. The molecule has 2 aromatic rings. The number of hydrogen-bond acceptors (Lipinski definition) is 6. The normalized spacial score (nSPS) is 15.5. The number of pyridine rings is 1. The fourth-order valence-electron chi connectivity index (χ4n) is 3.32. The summed E-state index contributed by atoms with van der Waals surface area (Å²) in [4.78, 5) is 30.4. The van der Waals surface area contributed by atoms with E-state index in [1.807, 2.05) is 11.0 Å². The quantitative estimate of drug-likeness (QED) is 0.703. The Morgan fingerprint density at radius 2 is 1.97 bits per heavy atom. The van der Waals surface area contributed by atoms with Crippen molar-refractivity contribution in [2.45, 2.75) is 32.0 Å². The lowest BCUT2D eigenvalue weighted by Gasteiger charge is -2.32. The lowest BCUT2D eigenvalue weighted by atomic mass is 9.97. The second-order valence-electron chi connectivity index (χ2n) is 7.43. The van der Waals surface area contributed by atoms with Gasteiger partial charge < -0.3 is 15.0 Å². The smallest absolute Gasteiger partial charge is 0.417 e. The number of halogens is 3. The molecule has 0 saturated carbocycles. The molecule has 0 spiro atoms. The van der Waals surface area contributed by atoms with E-state index in [2.05, 4.69) is 10.3 Å². The number of carbonyl (C=O) groups excluding carboxylic acids is 2. The van der Waals surface area contributed by atoms with Crippen LogP contribution in [0.1, 0.15) is 30.9 Å². The molecule has 1 aliphatic heterocycles. The summed E-state index contributed by atoms with van der Waals surface area (Å²) in [5, 5.41) is 11.5. The van der Waals surface area contributed by atoms with Crippen molar-refractivity contribution in [2.75, 3.05) is 23.3 Å². The fourth-order valence-corrected chi connectivity index (χ4v) is 3.32. The summed E-state index contributed by atoms with van der Waals surface area (Å²) in [6.45, 7) is 2.32. The van der Waals surface area contributed by atoms with Gasteiger partial charge in [0.25, 0.3) is 5.91 Å². The molecule has 0 unspecified atom stereocenters. The number of esters is 1. The Morgan fingerprint density at radius 1 is 1.25 bits per heavy atom. The first-order valence-corrected chi connectivity index (χ1v) is 9.97. The summed E-state index contributed by atoms with van der Waals surface area (Å²) < 4.78 is 43.3. The molecular formula is C22H21F3N4O3. The maximum absolute atomic E-state index is 12.7. The molecule has 1 fully saturated rings. The number of nitrogens with zero attached hydrogens (tertiary/aromatic N) is 3. The highest BCUT2D eigenvalue weighted by Crippen LogP contribution is 2.30. The number of ether oxygens (including phenoxy) is 1. The van der Waals surface area contributed by atoms with Crippen LogP contribution in [0.15, 0.2) is 42.6 Å². The largest absolute Gasteiger partial charge is 0.452 e. The van der Waals surface area contributed by atoms with Crippen molar-refractivity contribution in [3.05, 3.63) is 53.7 Å². The minimum atomic E-state index is -4.44. The minimum absolute atomic E-state index is 0.391. The third-order valence-electron chi connectivity index (χ3n) is 5.15. The number of piperidine rings is 1. The number of nitriles is 1. The van der Waals surface area contributed by atoms with E-state index in [0.29, 0.717) is 43.0 Å². The molecule has 1 N–H and O–H groups in total. The molecule has 1 atom stereocenters. The van der Waals surface area contributed by atoms with Gasteiger partial charge in [-0.1, -0.05) is 6.07 Å². The Balaban J connectivity index is 1.49. The molecule has 1 amide bonds. The number of nitrogens with one attached hydrogen (secondary N) is 1. The maximum atomic E-state index is 12.7. The van der Waals surface area contributed by atoms with Gasteiger partial charge in [-0.15, -0.1) is 0 Å². The van der Waals surface area contributed by atoms with Gasteiger partial charge in [-0.2, -0.15) is 18.4 Å². The Bertz CT molecular complexity index is 1010. The van der Waals surface area contributed by atoms with E-state index in [9.17, 15) is 22.8 Å². The molecule has 3 rings (SSSR count). The van der Waals surface area contributed by atoms with E-state index < -0.39 is 35.6 Å². The highest BCUT2D eigenvalue weighted by Gasteiger charge is 2.32. The molecule has 2 heterocycles. The molecule has 1 aromatic heterocycles. The van der Waals surface area contributed by atoms with Crippen LogP contribution in [0.3, 0.4) is 0 Å². The molecule has 1 aromatic carbocycles. The third-order valence-corrected chi connectivity index (χ3v) is 5.15. The molecule has 0 bridgehead atoms. The van der Waals surface area contributed by atoms with E-state index in [0.717, 1.165) is 12.3 Å². The Kier molecular flexibility index (Phi) is 6.98. The van der Waals surface area contributed by atoms with Crippen LogP contribution in [0.4, 0.5) is 24.7 Å². The summed E-state index contributed by atoms with van der Waals surface area (Å²) in [5.41, 5.74) is 0.00219. The highest BCUT2D eigenvalue weighted by atomic mass is 19.4. The Morgan fingerprint density at radius 3 is 2.56 bits per heavy atom. The SMILES string of the molecule is C[C@@H](OC(=O)C1CCN(c2ccc(C(F)(F)F)cn2)CC1)C(=O)Nc1cccc(C#N)c1. The van der Waals surface area contributed by atoms with Gasteiger partial charge in [0.15, 0.2) is 6.10 Å². The zero-order valence-electron chi connectivity index (χ0n) is 17.2. The lowest BCUT2D eigenvalue weighted by Crippen LogP contribution is -2.39. The van der Waals surface area contributed by atoms with Crippen molar-refractivity contribution in [1.82, 2.24) is 4.98 Å². The highest BCUT2D eigenvalue weighted by molar-refractivity contribution is 5.95. The van der Waals surface area contributed by atoms with Gasteiger partial charge in [0.2, 0.25) is 0 Å². The number of rotatable bonds is 5. The number of anilines is 2. The summed E-state index contributed by atoms with van der Waals surface area (Å²) in [6, 6.07) is 10.6. The molecule has 168 valence electrons. The molecule has 7 nitrogen and oxygen atoms in total. The third kappa shape index (κ3) is 5.75. The van der Waals surface area contributed by atoms with Crippen LogP contribution >= 0.6 is 0 Å². The monoisotopic (exact) mass is 446 g/mol. The first-order valence-electron chi connectivity index (χ1n) is 9.97. The predicted molar refractivity (Wildman–Crippen MR) is 110 cm³/mol. The van der Waals surface area contributed by atoms with Gasteiger partial charge in [-0.05, 0) is 50.1 Å². The molecule has 1 aliphatic rings. The van der Waals surface area contributed by atoms with Gasteiger partial charge in [0, 0.05) is 25.0 Å². The van der Waals surface area contributed by atoms with Gasteiger partial charge >= 0.3 is 12.1 Å². The minimum Gasteiger partial charge on any atom is -0.452 e. The second kappa shape index (κ2) is 9.68. The van der Waals surface area contributed by atoms with Crippen LogP contribution in [0.25, 0.3) is 0 Å². The van der Waals surface area contributed by atoms with Gasteiger partial charge in [-0.25, -0.2) is 4.98 Å². The molecule has 32 heavy (non-hydrogen) atoms. The Labute approximate surface area is 182 Å². The first-order chi connectivity index (χ1) is 15.2. The summed E-state index contributed by atoms with van der Waals surface area (Å²) in [6.07, 6.45) is -3.81. The van der Waals surface area contributed by atoms with Crippen LogP contribution in [0.2, 0.25) is 0 Å². The van der Waals surface area contributed by atoms with E-state index in [1.165, 1.54) is 19.1 Å². The van der Waals surface area contributed by atoms with Crippen LogP contribution in [-0.4, -0.2) is 36.1 Å². The zero-order chi connectivity index (χ0) is 23.3. The number of alkyl halides is 3. The predicted octanol–water partition coefficient (Wildman–Crippen LogP) is 3.76. The summed E-state index contributed by atoms with van der Waals surface area (Å²) >= 11 is 0. The van der Waals surface area contributed by atoms with Crippen LogP contribution in [0.5, 0.6) is 0 Å². The van der Waals surface area contributed by atoms with Crippen LogP contribution in [0, 0.1) is 17.2 Å². The fraction of sp³-hybridized carbons (Fsp3) is 0.364. The van der Waals surface area contributed by atoms with Gasteiger partial charge in [-0.3, -0.25) is 9.59 Å². The maximum Gasteiger partial charge on any atom is 0.417 e. The van der Waals surface area contributed by atoms with E-state index in [1.54, 1.807) is 18.2 Å². The van der Waals surface area contributed by atoms with Crippen LogP contribution in [-0.2, 0) is 20.5 Å². The second-order valence-corrected chi connectivity index (χ2v) is 7.43. The van der Waals surface area contributed by atoms with Crippen molar-refractivity contribution in [3.8, 4) is 6.07 Å². The Hall–Kier alpha value is -3.61. The van der Waals surface area contributed by atoms with Gasteiger partial charge in [0.05, 0.1) is 23.1 Å². The average molecular weight is 446 g/mol. The van der Waals surface area contributed by atoms with Crippen molar-refractivity contribution in [2.24, 2.45) is 5.92 Å². The lowest BCUT2D eigenvalue weighted by molar-refractivity contribution is -0.158. The molecule has 0 radical (unpaired) electrons. The number of aromatic nitrogens is 1. The van der Waals surface area contributed by atoms with Crippen molar-refractivity contribution in [3.63, 3.8) is 0 Å². The standard InChI is InChI=1S/C22H21F3N4O3/c1-14(20(30)28-18-4-2-3-15(11-18)12-26)32-21(31)16-7-9-29(10-8-16)19-6-5-17(13-27-19)22(23,24)25/h2-6,11,13-14,16H,7-10H2,1H3,(H,28,30)/t14-/m1/s1. The number of carbonyl (C=O) groups is 2. The van der Waals surface area contributed by atoms with E-state index >= 15 is 0 Å². The topological polar surface area (TPSA) is 95.3 Å². The summed E-state index contributed by atoms with van der Waals surface area (Å²) in [7, 11) is 0. The van der Waals surface area contributed by atoms with Crippen molar-refractivity contribution in [1.29, 1.82) is 5.26 Å². The van der Waals surface area contributed by atoms with Gasteiger partial charge in [0.1, 0.15) is 5.82 Å². The number of hydrogen-bond donors (Lipinski definition) is 1. The average Bonchev–Trinajstić information content (AvgIpc) is 2.78. The molecular weight excluding hydrogens is 425 g/mol.